The molecule has 17 rings (SSSR count). The van der Waals surface area contributed by atoms with Crippen molar-refractivity contribution in [2.24, 2.45) is 15.0 Å². The number of hydrogen-bond donors (Lipinski definition) is 5. The number of fused-ring (bicyclic) bond motifs is 20. The van der Waals surface area contributed by atoms with E-state index in [4.69, 9.17) is 15.0 Å². The Balaban J connectivity index is 1.15. The number of hydrogen-bond acceptors (Lipinski definition) is 4. The second kappa shape index (κ2) is 29.2. The van der Waals surface area contributed by atoms with Gasteiger partial charge in [-0.2, -0.15) is 4.99 Å². The number of aromatic nitrogens is 4. The van der Waals surface area contributed by atoms with Gasteiger partial charge in [0.05, 0.1) is 71.5 Å². The van der Waals surface area contributed by atoms with Crippen LogP contribution < -0.4 is 47.7 Å². The van der Waals surface area contributed by atoms with Gasteiger partial charge >= 0.3 is 0 Å². The first-order chi connectivity index (χ1) is 51.4. The molecule has 12 aromatic rings. The van der Waals surface area contributed by atoms with Crippen LogP contribution in [0.15, 0.2) is 123 Å². The molecule has 0 spiro atoms. The number of aromatic amines is 4. The normalized spacial score (nSPS) is 14.4. The van der Waals surface area contributed by atoms with E-state index >= 15 is 0 Å². The Morgan fingerprint density at radius 3 is 0.962 bits per heavy atom. The predicted molar refractivity (Wildman–Crippen MR) is 442 cm³/mol. The summed E-state index contributed by atoms with van der Waals surface area (Å²) in [6.45, 7) is 18.9. The summed E-state index contributed by atoms with van der Waals surface area (Å²) in [6.07, 6.45) is 34.9. The van der Waals surface area contributed by atoms with Crippen LogP contribution in [0.5, 0.6) is 0 Å². The van der Waals surface area contributed by atoms with Crippen LogP contribution in [0.2, 0.25) is 0 Å². The third-order valence-corrected chi connectivity index (χ3v) is 24.7. The maximum atomic E-state index is 6.33. The molecule has 8 aromatic carbocycles. The molecule has 0 unspecified atom stereocenters. The monoisotopic (exact) mass is 1370 g/mol. The summed E-state index contributed by atoms with van der Waals surface area (Å²) >= 11 is 0. The van der Waals surface area contributed by atoms with Crippen molar-refractivity contribution in [2.45, 2.75) is 261 Å². The van der Waals surface area contributed by atoms with Crippen LogP contribution in [0.25, 0.3) is 115 Å². The Bertz CT molecular complexity index is 6150. The first-order valence-corrected chi connectivity index (χ1v) is 41.6. The topological polar surface area (TPSA) is 112 Å². The number of anilines is 1. The molecule has 104 heavy (non-hydrogen) atoms. The molecule has 0 saturated heterocycles. The summed E-state index contributed by atoms with van der Waals surface area (Å²) < 4.78 is 0. The van der Waals surface area contributed by atoms with Crippen molar-refractivity contribution in [1.82, 2.24) is 19.9 Å². The van der Waals surface area contributed by atoms with E-state index in [-0.39, 0.29) is 0 Å². The molecule has 532 valence electrons. The van der Waals surface area contributed by atoms with Crippen molar-refractivity contribution >= 4 is 121 Å². The highest BCUT2D eigenvalue weighted by atomic mass is 15.0. The molecule has 0 aliphatic carbocycles. The fraction of sp³-hybridized carbons (Fsp3) is 0.417. The second-order valence-corrected chi connectivity index (χ2v) is 31.5. The Morgan fingerprint density at radius 1 is 0.288 bits per heavy atom. The van der Waals surface area contributed by atoms with Gasteiger partial charge in [0.25, 0.3) is 0 Å². The van der Waals surface area contributed by atoms with Crippen LogP contribution in [0, 0.1) is 16.6 Å². The molecule has 9 heterocycles. The van der Waals surface area contributed by atoms with Crippen LogP contribution in [0.1, 0.15) is 263 Å². The Kier molecular flexibility index (Phi) is 19.2. The molecular weight excluding hydrogens is 1270 g/mol. The number of rotatable bonds is 32. The average Bonchev–Trinajstić information content (AvgIpc) is 1.54. The molecule has 4 aromatic heterocycles. The lowest BCUT2D eigenvalue weighted by Crippen LogP contribution is -2.47. The Labute approximate surface area is 613 Å². The molecule has 8 nitrogen and oxygen atoms in total. The molecule has 8 heteroatoms. The van der Waals surface area contributed by atoms with E-state index in [1.54, 1.807) is 0 Å². The summed E-state index contributed by atoms with van der Waals surface area (Å²) in [7, 11) is 0. The summed E-state index contributed by atoms with van der Waals surface area (Å²) in [5, 5.41) is 32.4. The minimum Gasteiger partial charge on any atom is -0.351 e. The van der Waals surface area contributed by atoms with Crippen molar-refractivity contribution in [3.8, 4) is 0 Å². The van der Waals surface area contributed by atoms with Crippen LogP contribution >= 0.6 is 0 Å². The van der Waals surface area contributed by atoms with E-state index in [9.17, 15) is 0 Å². The molecule has 5 aliphatic heterocycles. The van der Waals surface area contributed by atoms with Crippen LogP contribution in [-0.4, -0.2) is 19.9 Å². The molecule has 0 amide bonds. The van der Waals surface area contributed by atoms with E-state index in [2.05, 4.69) is 178 Å². The minimum absolute atomic E-state index is 0.934. The van der Waals surface area contributed by atoms with Crippen molar-refractivity contribution < 1.29 is 0 Å². The molecule has 16 bridgehead atoms. The van der Waals surface area contributed by atoms with E-state index < -0.39 is 0 Å². The standard InChI is InChI=1S/C96H109N8/c1-9-17-25-49-65-73-57-41-33-34-42-58(57)74-67(51-27-19-11-3)83-84-69(53-29-21-13-5)77-61-45-37-38-46-62(61)79-71(55-31-23-15-7)87(103-94(79)93(77)101-84)88-72(56-32-24-16-8)80-64-48-40-39-47-63(64)78-70(54-30-22-14-6)86(102-95(78)96(80)104-88)85-68(52-28-20-12-4)76-60-44-36-35-43-59(60)75-66(50-26-18-10-2)82(98-91(75)92(76)100-85)81(65)97-89(73)90(74)99-83/h33-48,97-100,103H,9-32,49-56H2,1-8H3/q+1. The molecule has 0 fully saturated rings. The lowest BCUT2D eigenvalue weighted by Gasteiger charge is -2.12. The number of unbranched alkanes of at least 4 members (excludes halogenated alkanes) is 16. The zero-order chi connectivity index (χ0) is 70.7. The summed E-state index contributed by atoms with van der Waals surface area (Å²) in [5.41, 5.74) is 21.7. The maximum Gasteiger partial charge on any atom is 0.163 e. The van der Waals surface area contributed by atoms with Gasteiger partial charge in [0.1, 0.15) is 16.3 Å². The zero-order valence-electron chi connectivity index (χ0n) is 63.7. The van der Waals surface area contributed by atoms with E-state index in [0.717, 1.165) is 225 Å². The fourth-order valence-corrected chi connectivity index (χ4v) is 19.7. The molecule has 0 radical (unpaired) electrons. The maximum absolute atomic E-state index is 6.33. The SMILES string of the molecule is CCCCCC1=c2c3c4c(c5ccccc25)[C+](CCCCC)C(=C2N=c5c6c(c7ccccc7c5=C2CCCCC)=C(CCCCC)C(=c2[nH]c5c7[nH]c(c(CCCCC)c7c7ccccc7c5c2CCCCC)=c2[nH]c5c7[nH]c(c(CCCCC)c7c7ccccc7c5c2CCCCC)=C1N=3)N=6)N4. The smallest absolute Gasteiger partial charge is 0.163 e. The zero-order valence-corrected chi connectivity index (χ0v) is 63.7. The highest BCUT2D eigenvalue weighted by molar-refractivity contribution is 6.27. The van der Waals surface area contributed by atoms with Crippen molar-refractivity contribution in [2.75, 3.05) is 5.32 Å². The lowest BCUT2D eigenvalue weighted by atomic mass is 9.86. The predicted octanol–water partition coefficient (Wildman–Crippen LogP) is 21.3. The number of H-pyrrole nitrogens is 4. The number of nitrogens with one attached hydrogen (secondary N) is 5. The van der Waals surface area contributed by atoms with Crippen molar-refractivity contribution in [1.29, 1.82) is 0 Å². The molecule has 0 atom stereocenters. The van der Waals surface area contributed by atoms with Crippen molar-refractivity contribution in [3.63, 3.8) is 0 Å². The number of allylic oxidation sites excluding steroid dienone is 2. The molecule has 5 N–H and O–H groups in total. The van der Waals surface area contributed by atoms with E-state index in [0.29, 0.717) is 0 Å². The Hall–Kier alpha value is -8.88. The van der Waals surface area contributed by atoms with Gasteiger partial charge in [0.15, 0.2) is 17.1 Å². The van der Waals surface area contributed by atoms with Gasteiger partial charge in [-0.25, -0.2) is 9.98 Å². The average molecular weight is 1370 g/mol. The van der Waals surface area contributed by atoms with Gasteiger partial charge in [-0.3, -0.25) is 5.32 Å². The molecular formula is C96H109N8+. The van der Waals surface area contributed by atoms with Gasteiger partial charge in [-0.1, -0.05) is 243 Å². The van der Waals surface area contributed by atoms with Gasteiger partial charge in [0, 0.05) is 54.6 Å². The van der Waals surface area contributed by atoms with Crippen LogP contribution in [0.4, 0.5) is 5.69 Å². The van der Waals surface area contributed by atoms with E-state index in [1.165, 1.54) is 199 Å². The first-order valence-electron chi connectivity index (χ1n) is 41.6. The third kappa shape index (κ3) is 11.1. The van der Waals surface area contributed by atoms with Crippen LogP contribution in [0.3, 0.4) is 0 Å². The number of nitrogens with zero attached hydrogens (tertiary/aromatic N) is 3. The highest BCUT2D eigenvalue weighted by Crippen LogP contribution is 2.48. The van der Waals surface area contributed by atoms with Gasteiger partial charge in [0.2, 0.25) is 0 Å². The third-order valence-electron chi connectivity index (χ3n) is 24.7. The highest BCUT2D eigenvalue weighted by Gasteiger charge is 2.44. The number of benzene rings is 8. The van der Waals surface area contributed by atoms with E-state index in [1.807, 2.05) is 0 Å². The largest absolute Gasteiger partial charge is 0.351 e. The first kappa shape index (κ1) is 68.2. The molecule has 5 aliphatic rings. The summed E-state index contributed by atoms with van der Waals surface area (Å²) in [5.74, 6) is 1.39. The van der Waals surface area contributed by atoms with Gasteiger partial charge in [-0.15, -0.1) is 0 Å². The van der Waals surface area contributed by atoms with Gasteiger partial charge in [-0.05, 0) is 174 Å². The lowest BCUT2D eigenvalue weighted by molar-refractivity contribution is 0.694. The fourth-order valence-electron chi connectivity index (χ4n) is 19.7. The van der Waals surface area contributed by atoms with Gasteiger partial charge < -0.3 is 19.9 Å². The summed E-state index contributed by atoms with van der Waals surface area (Å²) in [6, 6.07) is 38.0. The minimum atomic E-state index is 0.934. The van der Waals surface area contributed by atoms with Crippen LogP contribution in [-0.2, 0) is 25.7 Å². The quantitative estimate of drug-likeness (QED) is 0.0210. The second-order valence-electron chi connectivity index (χ2n) is 31.5. The molecule has 0 saturated carbocycles. The summed E-state index contributed by atoms with van der Waals surface area (Å²) in [4.78, 5) is 36.9. The Morgan fingerprint density at radius 2 is 0.577 bits per heavy atom. The number of aryl methyl sites for hydroxylation is 4. The van der Waals surface area contributed by atoms with Crippen molar-refractivity contribution in [3.05, 3.63) is 195 Å².